The summed E-state index contributed by atoms with van der Waals surface area (Å²) in [4.78, 5) is 0.117. The van der Waals surface area contributed by atoms with Crippen molar-refractivity contribution in [1.29, 1.82) is 0 Å². The summed E-state index contributed by atoms with van der Waals surface area (Å²) in [5, 5.41) is 3.03. The van der Waals surface area contributed by atoms with Crippen LogP contribution < -0.4 is 14.8 Å². The zero-order valence-corrected chi connectivity index (χ0v) is 12.8. The van der Waals surface area contributed by atoms with Crippen LogP contribution >= 0.6 is 0 Å². The number of anilines is 1. The summed E-state index contributed by atoms with van der Waals surface area (Å²) in [5.41, 5.74) is 1.52. The molecule has 0 heterocycles. The second-order valence-corrected chi connectivity index (χ2v) is 6.14. The van der Waals surface area contributed by atoms with Crippen molar-refractivity contribution in [3.63, 3.8) is 0 Å². The van der Waals surface area contributed by atoms with Gasteiger partial charge in [0, 0.05) is 12.2 Å². The van der Waals surface area contributed by atoms with Crippen molar-refractivity contribution >= 4 is 15.7 Å². The summed E-state index contributed by atoms with van der Waals surface area (Å²) in [6, 6.07) is 13.8. The molecule has 0 fully saturated rings. The number of sulfonamides is 1. The molecule has 0 atom stereocenters. The van der Waals surface area contributed by atoms with Crippen molar-refractivity contribution < 1.29 is 13.2 Å². The van der Waals surface area contributed by atoms with Gasteiger partial charge in [-0.1, -0.05) is 24.3 Å². The Hall–Kier alpha value is -2.05. The fourth-order valence-corrected chi connectivity index (χ4v) is 3.22. The molecular weight excluding hydrogens is 288 g/mol. The van der Waals surface area contributed by atoms with Gasteiger partial charge in [-0.25, -0.2) is 8.42 Å². The second-order valence-electron chi connectivity index (χ2n) is 4.49. The maximum atomic E-state index is 12.4. The van der Waals surface area contributed by atoms with Gasteiger partial charge < -0.3 is 10.1 Å². The molecule has 5 nitrogen and oxygen atoms in total. The van der Waals surface area contributed by atoms with E-state index in [9.17, 15) is 8.42 Å². The van der Waals surface area contributed by atoms with Gasteiger partial charge in [0.1, 0.15) is 10.6 Å². The third-order valence-corrected chi connectivity index (χ3v) is 4.34. The number of benzene rings is 2. The summed E-state index contributed by atoms with van der Waals surface area (Å²) in [5.74, 6) is 0.316. The Balaban J connectivity index is 2.31. The van der Waals surface area contributed by atoms with E-state index < -0.39 is 10.0 Å². The Morgan fingerprint density at radius 3 is 2.57 bits per heavy atom. The van der Waals surface area contributed by atoms with Gasteiger partial charge in [-0.15, -0.1) is 0 Å². The first-order valence-electron chi connectivity index (χ1n) is 6.46. The molecule has 2 N–H and O–H groups in total. The number of hydrogen-bond acceptors (Lipinski definition) is 4. The van der Waals surface area contributed by atoms with Crippen LogP contribution in [0.15, 0.2) is 53.4 Å². The van der Waals surface area contributed by atoms with Crippen LogP contribution in [0.25, 0.3) is 0 Å². The van der Waals surface area contributed by atoms with Gasteiger partial charge in [0.2, 0.25) is 0 Å². The molecule has 0 aromatic heterocycles. The highest BCUT2D eigenvalue weighted by Gasteiger charge is 2.18. The van der Waals surface area contributed by atoms with Crippen LogP contribution in [0, 0.1) is 0 Å². The van der Waals surface area contributed by atoms with E-state index in [-0.39, 0.29) is 4.90 Å². The van der Waals surface area contributed by atoms with Crippen LogP contribution in [0.4, 0.5) is 5.69 Å². The number of para-hydroxylation sites is 1. The van der Waals surface area contributed by atoms with Gasteiger partial charge in [-0.3, -0.25) is 4.72 Å². The summed E-state index contributed by atoms with van der Waals surface area (Å²) in [6.45, 7) is 0.671. The standard InChI is InChI=1S/C15H18N2O3S/c1-16-11-12-6-5-7-13(10-12)17-21(18,19)15-9-4-3-8-14(15)20-2/h3-10,16-17H,11H2,1-2H3. The highest BCUT2D eigenvalue weighted by Crippen LogP contribution is 2.25. The number of ether oxygens (including phenoxy) is 1. The van der Waals surface area contributed by atoms with Crippen molar-refractivity contribution in [2.24, 2.45) is 0 Å². The topological polar surface area (TPSA) is 67.4 Å². The number of hydrogen-bond donors (Lipinski definition) is 2. The molecule has 112 valence electrons. The lowest BCUT2D eigenvalue weighted by atomic mass is 10.2. The van der Waals surface area contributed by atoms with E-state index in [4.69, 9.17) is 4.74 Å². The average Bonchev–Trinajstić information content (AvgIpc) is 2.47. The SMILES string of the molecule is CNCc1cccc(NS(=O)(=O)c2ccccc2OC)c1. The molecule has 0 saturated heterocycles. The largest absolute Gasteiger partial charge is 0.495 e. The van der Waals surface area contributed by atoms with Crippen molar-refractivity contribution in [1.82, 2.24) is 5.32 Å². The van der Waals surface area contributed by atoms with Gasteiger partial charge in [-0.05, 0) is 36.9 Å². The van der Waals surface area contributed by atoms with Gasteiger partial charge >= 0.3 is 0 Å². The minimum absolute atomic E-state index is 0.117. The monoisotopic (exact) mass is 306 g/mol. The van der Waals surface area contributed by atoms with E-state index in [2.05, 4.69) is 10.0 Å². The summed E-state index contributed by atoms with van der Waals surface area (Å²) >= 11 is 0. The quantitative estimate of drug-likeness (QED) is 0.858. The van der Waals surface area contributed by atoms with Gasteiger partial charge in [-0.2, -0.15) is 0 Å². The lowest BCUT2D eigenvalue weighted by molar-refractivity contribution is 0.403. The molecule has 0 spiro atoms. The summed E-state index contributed by atoms with van der Waals surface area (Å²) in [7, 11) is -0.398. The second kappa shape index (κ2) is 6.60. The van der Waals surface area contributed by atoms with E-state index in [1.165, 1.54) is 13.2 Å². The lowest BCUT2D eigenvalue weighted by Crippen LogP contribution is -2.14. The molecule has 0 aliphatic carbocycles. The lowest BCUT2D eigenvalue weighted by Gasteiger charge is -2.12. The molecule has 0 bridgehead atoms. The van der Waals surface area contributed by atoms with Crippen molar-refractivity contribution in [2.75, 3.05) is 18.9 Å². The molecule has 2 rings (SSSR count). The molecule has 0 aliphatic rings. The highest BCUT2D eigenvalue weighted by atomic mass is 32.2. The molecule has 21 heavy (non-hydrogen) atoms. The van der Waals surface area contributed by atoms with Crippen molar-refractivity contribution in [2.45, 2.75) is 11.4 Å². The molecule has 2 aromatic carbocycles. The maximum Gasteiger partial charge on any atom is 0.265 e. The fraction of sp³-hybridized carbons (Fsp3) is 0.200. The number of nitrogens with one attached hydrogen (secondary N) is 2. The Labute approximate surface area is 125 Å². The zero-order chi connectivity index (χ0) is 15.3. The van der Waals surface area contributed by atoms with Crippen LogP contribution in [0.5, 0.6) is 5.75 Å². The smallest absolute Gasteiger partial charge is 0.265 e. The first-order valence-corrected chi connectivity index (χ1v) is 7.94. The van der Waals surface area contributed by atoms with Crippen LogP contribution in [0.3, 0.4) is 0 Å². The molecule has 0 unspecified atom stereocenters. The third-order valence-electron chi connectivity index (χ3n) is 2.92. The number of rotatable bonds is 6. The first kappa shape index (κ1) is 15.3. The third kappa shape index (κ3) is 3.74. The van der Waals surface area contributed by atoms with Crippen LogP contribution in [0.2, 0.25) is 0 Å². The Bertz CT molecular complexity index is 714. The van der Waals surface area contributed by atoms with Crippen LogP contribution in [0.1, 0.15) is 5.56 Å². The van der Waals surface area contributed by atoms with Crippen molar-refractivity contribution in [3.8, 4) is 5.75 Å². The first-order chi connectivity index (χ1) is 10.1. The average molecular weight is 306 g/mol. The molecule has 0 aliphatic heterocycles. The molecule has 0 saturated carbocycles. The van der Waals surface area contributed by atoms with E-state index >= 15 is 0 Å². The van der Waals surface area contributed by atoms with Gasteiger partial charge in [0.25, 0.3) is 10.0 Å². The molecule has 0 radical (unpaired) electrons. The summed E-state index contributed by atoms with van der Waals surface area (Å²) in [6.07, 6.45) is 0. The van der Waals surface area contributed by atoms with Crippen molar-refractivity contribution in [3.05, 3.63) is 54.1 Å². The minimum Gasteiger partial charge on any atom is -0.495 e. The van der Waals surface area contributed by atoms with E-state index in [0.29, 0.717) is 18.0 Å². The Morgan fingerprint density at radius 1 is 1.10 bits per heavy atom. The fourth-order valence-electron chi connectivity index (χ4n) is 2.00. The summed E-state index contributed by atoms with van der Waals surface area (Å²) < 4.78 is 32.6. The predicted octanol–water partition coefficient (Wildman–Crippen LogP) is 2.22. The van der Waals surface area contributed by atoms with E-state index in [1.54, 1.807) is 30.3 Å². The van der Waals surface area contributed by atoms with Crippen LogP contribution in [-0.4, -0.2) is 22.6 Å². The van der Waals surface area contributed by atoms with Gasteiger partial charge in [0.05, 0.1) is 7.11 Å². The minimum atomic E-state index is -3.68. The predicted molar refractivity (Wildman–Crippen MR) is 83.0 cm³/mol. The maximum absolute atomic E-state index is 12.4. The van der Waals surface area contributed by atoms with Gasteiger partial charge in [0.15, 0.2) is 0 Å². The molecule has 0 amide bonds. The zero-order valence-electron chi connectivity index (χ0n) is 12.0. The molecule has 2 aromatic rings. The normalized spacial score (nSPS) is 11.1. The van der Waals surface area contributed by atoms with E-state index in [1.807, 2.05) is 19.2 Å². The molecule has 6 heteroatoms. The Kier molecular flexibility index (Phi) is 4.82. The highest BCUT2D eigenvalue weighted by molar-refractivity contribution is 7.92. The number of methoxy groups -OCH3 is 1. The van der Waals surface area contributed by atoms with E-state index in [0.717, 1.165) is 5.56 Å². The Morgan fingerprint density at radius 2 is 1.86 bits per heavy atom. The van der Waals surface area contributed by atoms with Crippen LogP contribution in [-0.2, 0) is 16.6 Å². The molecular formula is C15H18N2O3S.